The molecular weight excluding hydrogens is 290 g/mol. The smallest absolute Gasteiger partial charge is 0.228 e. The van der Waals surface area contributed by atoms with Crippen molar-refractivity contribution in [2.75, 3.05) is 18.2 Å². The molecule has 3 heterocycles. The Morgan fingerprint density at radius 1 is 1.09 bits per heavy atom. The zero-order valence-electron chi connectivity index (χ0n) is 13.5. The number of anilines is 1. The molecule has 0 radical (unpaired) electrons. The molecule has 7 heteroatoms. The van der Waals surface area contributed by atoms with Crippen LogP contribution < -0.4 is 5.01 Å². The molecule has 1 aromatic carbocycles. The molecule has 0 bridgehead atoms. The molecule has 0 aliphatic carbocycles. The van der Waals surface area contributed by atoms with E-state index in [1.807, 2.05) is 10.7 Å². The number of para-hydroxylation sites is 2. The van der Waals surface area contributed by atoms with Crippen molar-refractivity contribution in [3.63, 3.8) is 0 Å². The van der Waals surface area contributed by atoms with Crippen molar-refractivity contribution in [2.45, 2.75) is 26.9 Å². The third-order valence-electron chi connectivity index (χ3n) is 4.25. The zero-order valence-corrected chi connectivity index (χ0v) is 13.5. The maximum atomic E-state index is 4.81. The number of hydrogen-bond donors (Lipinski definition) is 0. The molecule has 0 spiro atoms. The van der Waals surface area contributed by atoms with Crippen LogP contribution >= 0.6 is 0 Å². The third kappa shape index (κ3) is 2.57. The lowest BCUT2D eigenvalue weighted by molar-refractivity contribution is 0.182. The summed E-state index contributed by atoms with van der Waals surface area (Å²) in [5, 5.41) is 9.99. The van der Waals surface area contributed by atoms with Gasteiger partial charge in [0, 0.05) is 6.54 Å². The van der Waals surface area contributed by atoms with Crippen LogP contribution in [0.15, 0.2) is 36.9 Å². The van der Waals surface area contributed by atoms with Crippen LogP contribution in [-0.2, 0) is 6.67 Å². The van der Waals surface area contributed by atoms with Crippen LogP contribution in [0.5, 0.6) is 0 Å². The van der Waals surface area contributed by atoms with Gasteiger partial charge in [0.2, 0.25) is 5.95 Å². The molecular formula is C16H21N7. The Kier molecular flexibility index (Phi) is 3.49. The molecule has 0 unspecified atom stereocenters. The van der Waals surface area contributed by atoms with Crippen molar-refractivity contribution in [3.05, 3.63) is 36.9 Å². The number of nitrogens with zero attached hydrogens (tertiary/aromatic N) is 7. The van der Waals surface area contributed by atoms with Crippen LogP contribution in [0.3, 0.4) is 0 Å². The second kappa shape index (κ2) is 5.66. The predicted octanol–water partition coefficient (Wildman–Crippen LogP) is 2.17. The van der Waals surface area contributed by atoms with Crippen molar-refractivity contribution in [2.24, 2.45) is 5.92 Å². The van der Waals surface area contributed by atoms with E-state index in [-0.39, 0.29) is 0 Å². The molecule has 120 valence electrons. The van der Waals surface area contributed by atoms with Gasteiger partial charge in [-0.2, -0.15) is 0 Å². The van der Waals surface area contributed by atoms with E-state index in [2.05, 4.69) is 56.7 Å². The van der Waals surface area contributed by atoms with E-state index in [4.69, 9.17) is 4.98 Å². The van der Waals surface area contributed by atoms with Crippen molar-refractivity contribution >= 4 is 17.0 Å². The fraction of sp³-hybridized carbons (Fsp3) is 0.438. The average molecular weight is 311 g/mol. The summed E-state index contributed by atoms with van der Waals surface area (Å²) in [6.07, 6.45) is 4.61. The van der Waals surface area contributed by atoms with Crippen LogP contribution in [0.4, 0.5) is 5.95 Å². The lowest BCUT2D eigenvalue weighted by atomic mass is 10.1. The highest BCUT2D eigenvalue weighted by atomic mass is 15.7. The maximum absolute atomic E-state index is 4.81. The zero-order chi connectivity index (χ0) is 15.8. The Balaban J connectivity index is 1.75. The van der Waals surface area contributed by atoms with Gasteiger partial charge in [0.1, 0.15) is 12.7 Å². The van der Waals surface area contributed by atoms with E-state index in [1.165, 1.54) is 6.42 Å². The Hall–Kier alpha value is -2.41. The maximum Gasteiger partial charge on any atom is 0.228 e. The van der Waals surface area contributed by atoms with E-state index in [0.717, 1.165) is 36.9 Å². The van der Waals surface area contributed by atoms with Crippen molar-refractivity contribution in [1.29, 1.82) is 0 Å². The minimum atomic E-state index is 0.694. The summed E-state index contributed by atoms with van der Waals surface area (Å²) in [6.45, 7) is 7.23. The minimum Gasteiger partial charge on any atom is -0.295 e. The van der Waals surface area contributed by atoms with Crippen molar-refractivity contribution < 1.29 is 0 Å². The normalized spacial score (nSPS) is 15.5. The van der Waals surface area contributed by atoms with Gasteiger partial charge in [-0.1, -0.05) is 26.0 Å². The molecule has 2 aromatic heterocycles. The van der Waals surface area contributed by atoms with Crippen LogP contribution in [-0.4, -0.2) is 42.5 Å². The van der Waals surface area contributed by atoms with Gasteiger partial charge >= 0.3 is 0 Å². The van der Waals surface area contributed by atoms with Crippen molar-refractivity contribution in [1.82, 2.24) is 29.3 Å². The van der Waals surface area contributed by atoms with Gasteiger partial charge in [-0.05, 0) is 24.5 Å². The SMILES string of the molecule is CC(C)CCN1CN(n2cnnc2)c2nc3ccccc3n2C1. The summed E-state index contributed by atoms with van der Waals surface area (Å²) in [4.78, 5) is 7.24. The van der Waals surface area contributed by atoms with Crippen LogP contribution in [0.1, 0.15) is 20.3 Å². The number of aromatic nitrogens is 5. The van der Waals surface area contributed by atoms with Crippen LogP contribution in [0.25, 0.3) is 11.0 Å². The largest absolute Gasteiger partial charge is 0.295 e. The van der Waals surface area contributed by atoms with Gasteiger partial charge in [0.25, 0.3) is 0 Å². The Bertz CT molecular complexity index is 790. The first kappa shape index (κ1) is 14.2. The molecule has 7 nitrogen and oxygen atoms in total. The van der Waals surface area contributed by atoms with Gasteiger partial charge in [-0.3, -0.25) is 9.47 Å². The molecule has 0 saturated carbocycles. The Morgan fingerprint density at radius 3 is 2.65 bits per heavy atom. The highest BCUT2D eigenvalue weighted by molar-refractivity contribution is 5.78. The number of benzene rings is 1. The minimum absolute atomic E-state index is 0.694. The van der Waals surface area contributed by atoms with E-state index in [9.17, 15) is 0 Å². The number of imidazole rings is 1. The second-order valence-electron chi connectivity index (χ2n) is 6.43. The molecule has 1 aliphatic heterocycles. The Labute approximate surface area is 135 Å². The fourth-order valence-corrected chi connectivity index (χ4v) is 2.98. The molecule has 23 heavy (non-hydrogen) atoms. The average Bonchev–Trinajstić information content (AvgIpc) is 3.20. The molecule has 1 aliphatic rings. The summed E-state index contributed by atoms with van der Waals surface area (Å²) in [5.74, 6) is 1.63. The van der Waals surface area contributed by atoms with Gasteiger partial charge in [-0.15, -0.1) is 10.2 Å². The predicted molar refractivity (Wildman–Crippen MR) is 88.7 cm³/mol. The third-order valence-corrected chi connectivity index (χ3v) is 4.25. The lowest BCUT2D eigenvalue weighted by Crippen LogP contribution is -2.47. The van der Waals surface area contributed by atoms with Crippen LogP contribution in [0.2, 0.25) is 0 Å². The molecule has 4 rings (SSSR count). The Morgan fingerprint density at radius 2 is 1.87 bits per heavy atom. The van der Waals surface area contributed by atoms with Gasteiger partial charge in [0.05, 0.1) is 24.4 Å². The quantitative estimate of drug-likeness (QED) is 0.739. The first-order valence-electron chi connectivity index (χ1n) is 8.02. The molecule has 0 N–H and O–H groups in total. The molecule has 0 atom stereocenters. The summed E-state index contributed by atoms with van der Waals surface area (Å²) >= 11 is 0. The number of hydrogen-bond acceptors (Lipinski definition) is 5. The van der Waals surface area contributed by atoms with Gasteiger partial charge in [-0.25, -0.2) is 14.7 Å². The van der Waals surface area contributed by atoms with Crippen LogP contribution in [0, 0.1) is 5.92 Å². The molecule has 0 amide bonds. The summed E-state index contributed by atoms with van der Waals surface area (Å²) in [6, 6.07) is 8.28. The fourth-order valence-electron chi connectivity index (χ4n) is 2.98. The molecule has 0 fully saturated rings. The first-order chi connectivity index (χ1) is 11.2. The highest BCUT2D eigenvalue weighted by Crippen LogP contribution is 2.27. The van der Waals surface area contributed by atoms with E-state index in [0.29, 0.717) is 5.92 Å². The van der Waals surface area contributed by atoms with E-state index in [1.54, 1.807) is 12.7 Å². The van der Waals surface area contributed by atoms with E-state index >= 15 is 0 Å². The highest BCUT2D eigenvalue weighted by Gasteiger charge is 2.27. The lowest BCUT2D eigenvalue weighted by Gasteiger charge is -2.37. The standard InChI is InChI=1S/C16H21N7/c1-13(2)7-8-20-11-22-15-6-4-3-5-14(15)19-16(22)23(12-20)21-9-17-18-10-21/h3-6,9-10,13H,7-8,11-12H2,1-2H3. The summed E-state index contributed by atoms with van der Waals surface area (Å²) in [7, 11) is 0. The number of fused-ring (bicyclic) bond motifs is 3. The van der Waals surface area contributed by atoms with Gasteiger partial charge < -0.3 is 0 Å². The monoisotopic (exact) mass is 311 g/mol. The topological polar surface area (TPSA) is 55.0 Å². The summed E-state index contributed by atoms with van der Waals surface area (Å²) < 4.78 is 4.17. The van der Waals surface area contributed by atoms with Crippen molar-refractivity contribution in [3.8, 4) is 0 Å². The summed E-state index contributed by atoms with van der Waals surface area (Å²) in [5.41, 5.74) is 2.18. The number of rotatable bonds is 4. The van der Waals surface area contributed by atoms with E-state index < -0.39 is 0 Å². The molecule has 3 aromatic rings. The first-order valence-corrected chi connectivity index (χ1v) is 8.02. The second-order valence-corrected chi connectivity index (χ2v) is 6.43. The molecule has 0 saturated heterocycles. The van der Waals surface area contributed by atoms with Gasteiger partial charge in [0.15, 0.2) is 0 Å².